The molecule has 2 bridgehead atoms. The average Bonchev–Trinajstić information content (AvgIpc) is 3.11. The minimum Gasteiger partial charge on any atom is -0.391 e. The third kappa shape index (κ3) is 3.02. The second kappa shape index (κ2) is 6.17. The van der Waals surface area contributed by atoms with Gasteiger partial charge in [-0.1, -0.05) is 19.3 Å². The molecule has 0 aromatic heterocycles. The Bertz CT molecular complexity index is 353. The van der Waals surface area contributed by atoms with Gasteiger partial charge in [0.05, 0.1) is 6.10 Å². The molecule has 1 heterocycles. The molecule has 3 heteroatoms. The van der Waals surface area contributed by atoms with Crippen molar-refractivity contribution in [3.63, 3.8) is 0 Å². The summed E-state index contributed by atoms with van der Waals surface area (Å²) in [5.41, 5.74) is 0. The zero-order valence-corrected chi connectivity index (χ0v) is 13.3. The summed E-state index contributed by atoms with van der Waals surface area (Å²) >= 11 is 0. The van der Waals surface area contributed by atoms with Crippen molar-refractivity contribution >= 4 is 0 Å². The lowest BCUT2D eigenvalue weighted by Crippen LogP contribution is -2.53. The quantitative estimate of drug-likeness (QED) is 0.839. The van der Waals surface area contributed by atoms with Crippen LogP contribution in [0.1, 0.15) is 64.2 Å². The Hall–Kier alpha value is -0.120. The van der Waals surface area contributed by atoms with Crippen LogP contribution in [0.2, 0.25) is 0 Å². The Morgan fingerprint density at radius 3 is 2.33 bits per heavy atom. The molecule has 3 nitrogen and oxygen atoms in total. The molecule has 4 aliphatic rings. The van der Waals surface area contributed by atoms with Crippen molar-refractivity contribution in [2.45, 2.75) is 88.4 Å². The minimum absolute atomic E-state index is 0.0613. The Morgan fingerprint density at radius 1 is 0.857 bits per heavy atom. The first-order valence-electron chi connectivity index (χ1n) is 9.48. The summed E-state index contributed by atoms with van der Waals surface area (Å²) in [6.45, 7) is 2.39. The van der Waals surface area contributed by atoms with Gasteiger partial charge in [-0.25, -0.2) is 0 Å². The highest BCUT2D eigenvalue weighted by atomic mass is 16.3. The maximum atomic E-state index is 10.2. The highest BCUT2D eigenvalue weighted by molar-refractivity contribution is 4.96. The first-order chi connectivity index (χ1) is 10.3. The number of fused-ring (bicyclic) bond motifs is 2. The van der Waals surface area contributed by atoms with Crippen LogP contribution in [0.25, 0.3) is 0 Å². The van der Waals surface area contributed by atoms with E-state index in [-0.39, 0.29) is 6.10 Å². The van der Waals surface area contributed by atoms with Crippen LogP contribution in [-0.2, 0) is 0 Å². The zero-order chi connectivity index (χ0) is 14.2. The maximum absolute atomic E-state index is 10.2. The lowest BCUT2D eigenvalue weighted by molar-refractivity contribution is 0.00621. The number of likely N-dealkylation sites (tertiary alicyclic amines) is 1. The summed E-state index contributed by atoms with van der Waals surface area (Å²) in [5.74, 6) is 2.04. The normalized spacial score (nSPS) is 45.3. The van der Waals surface area contributed by atoms with Crippen LogP contribution in [0.3, 0.4) is 0 Å². The Morgan fingerprint density at radius 2 is 1.67 bits per heavy atom. The van der Waals surface area contributed by atoms with Crippen LogP contribution in [-0.4, -0.2) is 47.3 Å². The van der Waals surface area contributed by atoms with Gasteiger partial charge in [0.1, 0.15) is 0 Å². The summed E-state index contributed by atoms with van der Waals surface area (Å²) < 4.78 is 0. The first-order valence-corrected chi connectivity index (χ1v) is 9.48. The van der Waals surface area contributed by atoms with Gasteiger partial charge in [-0.2, -0.15) is 0 Å². The molecule has 0 radical (unpaired) electrons. The summed E-state index contributed by atoms with van der Waals surface area (Å²) in [6, 6.07) is 2.04. The molecule has 0 spiro atoms. The number of nitrogens with one attached hydrogen (secondary N) is 1. The molecule has 0 aromatic rings. The predicted octanol–water partition coefficient (Wildman–Crippen LogP) is 2.53. The van der Waals surface area contributed by atoms with Gasteiger partial charge in [0.2, 0.25) is 0 Å². The molecule has 5 atom stereocenters. The highest BCUT2D eigenvalue weighted by Gasteiger charge is 2.40. The van der Waals surface area contributed by atoms with Crippen LogP contribution in [0, 0.1) is 11.8 Å². The van der Waals surface area contributed by atoms with E-state index >= 15 is 0 Å². The van der Waals surface area contributed by atoms with Gasteiger partial charge < -0.3 is 10.4 Å². The second-order valence-corrected chi connectivity index (χ2v) is 8.18. The van der Waals surface area contributed by atoms with Gasteiger partial charge in [0.15, 0.2) is 0 Å². The fraction of sp³-hybridized carbons (Fsp3) is 1.00. The standard InChI is InChI=1S/C18H32N2O/c21-18-4-2-1-3-17(18)20-9-7-15(8-10-20)19-16-12-13-5-6-14(16)11-13/h13-19,21H,1-12H2. The van der Waals surface area contributed by atoms with Gasteiger partial charge in [-0.3, -0.25) is 4.90 Å². The van der Waals surface area contributed by atoms with Crippen LogP contribution in [0.5, 0.6) is 0 Å². The first kappa shape index (κ1) is 14.5. The Balaban J connectivity index is 1.25. The van der Waals surface area contributed by atoms with E-state index in [9.17, 15) is 5.11 Å². The fourth-order valence-corrected chi connectivity index (χ4v) is 5.67. The van der Waals surface area contributed by atoms with E-state index in [1.807, 2.05) is 0 Å². The van der Waals surface area contributed by atoms with Gasteiger partial charge in [0, 0.05) is 31.2 Å². The summed E-state index contributed by atoms with van der Waals surface area (Å²) in [4.78, 5) is 2.59. The molecule has 5 unspecified atom stereocenters. The Labute approximate surface area is 129 Å². The smallest absolute Gasteiger partial charge is 0.0695 e. The lowest BCUT2D eigenvalue weighted by Gasteiger charge is -2.42. The van der Waals surface area contributed by atoms with Crippen LogP contribution in [0.4, 0.5) is 0 Å². The van der Waals surface area contributed by atoms with Crippen molar-refractivity contribution in [3.05, 3.63) is 0 Å². The van der Waals surface area contributed by atoms with Gasteiger partial charge >= 0.3 is 0 Å². The molecule has 4 fully saturated rings. The second-order valence-electron chi connectivity index (χ2n) is 8.18. The van der Waals surface area contributed by atoms with Gasteiger partial charge in [-0.05, 0) is 56.8 Å². The Kier molecular flexibility index (Phi) is 4.25. The minimum atomic E-state index is -0.0613. The van der Waals surface area contributed by atoms with E-state index in [0.29, 0.717) is 6.04 Å². The lowest BCUT2D eigenvalue weighted by atomic mass is 9.89. The van der Waals surface area contributed by atoms with E-state index in [1.54, 1.807) is 0 Å². The molecule has 0 aromatic carbocycles. The van der Waals surface area contributed by atoms with Crippen molar-refractivity contribution in [3.8, 4) is 0 Å². The molecule has 3 saturated carbocycles. The largest absolute Gasteiger partial charge is 0.391 e. The van der Waals surface area contributed by atoms with Gasteiger partial charge in [-0.15, -0.1) is 0 Å². The number of piperidine rings is 1. The highest BCUT2D eigenvalue weighted by Crippen LogP contribution is 2.44. The SMILES string of the molecule is OC1CCCCC1N1CCC(NC2CC3CCC2C3)CC1. The van der Waals surface area contributed by atoms with Crippen molar-refractivity contribution < 1.29 is 5.11 Å². The van der Waals surface area contributed by atoms with E-state index in [4.69, 9.17) is 0 Å². The molecule has 4 rings (SSSR count). The fourth-order valence-electron chi connectivity index (χ4n) is 5.67. The number of rotatable bonds is 3. The molecule has 3 aliphatic carbocycles. The van der Waals surface area contributed by atoms with Crippen LogP contribution in [0.15, 0.2) is 0 Å². The third-order valence-corrected chi connectivity index (χ3v) is 6.88. The number of nitrogens with zero attached hydrogens (tertiary/aromatic N) is 1. The molecular weight excluding hydrogens is 260 g/mol. The summed E-state index contributed by atoms with van der Waals surface area (Å²) in [6.07, 6.45) is 13.2. The third-order valence-electron chi connectivity index (χ3n) is 6.88. The molecule has 0 amide bonds. The van der Waals surface area contributed by atoms with E-state index < -0.39 is 0 Å². The van der Waals surface area contributed by atoms with Crippen LogP contribution >= 0.6 is 0 Å². The van der Waals surface area contributed by atoms with E-state index in [2.05, 4.69) is 10.2 Å². The molecular formula is C18H32N2O. The molecule has 1 aliphatic heterocycles. The number of hydrogen-bond donors (Lipinski definition) is 2. The van der Waals surface area contributed by atoms with Crippen molar-refractivity contribution in [1.29, 1.82) is 0 Å². The van der Waals surface area contributed by atoms with Crippen molar-refractivity contribution in [1.82, 2.24) is 10.2 Å². The summed E-state index contributed by atoms with van der Waals surface area (Å²) in [5, 5.41) is 14.2. The number of aliphatic hydroxyl groups excluding tert-OH is 1. The average molecular weight is 292 g/mol. The van der Waals surface area contributed by atoms with Crippen LogP contribution < -0.4 is 5.32 Å². The van der Waals surface area contributed by atoms with Crippen molar-refractivity contribution in [2.24, 2.45) is 11.8 Å². The summed E-state index contributed by atoms with van der Waals surface area (Å²) in [7, 11) is 0. The van der Waals surface area contributed by atoms with E-state index in [0.717, 1.165) is 30.3 Å². The number of aliphatic hydroxyl groups is 1. The monoisotopic (exact) mass is 292 g/mol. The van der Waals surface area contributed by atoms with Gasteiger partial charge in [0.25, 0.3) is 0 Å². The van der Waals surface area contributed by atoms with E-state index in [1.165, 1.54) is 70.9 Å². The molecule has 21 heavy (non-hydrogen) atoms. The molecule has 1 saturated heterocycles. The van der Waals surface area contributed by atoms with Crippen molar-refractivity contribution in [2.75, 3.05) is 13.1 Å². The zero-order valence-electron chi connectivity index (χ0n) is 13.3. The maximum Gasteiger partial charge on any atom is 0.0695 e. The topological polar surface area (TPSA) is 35.5 Å². The molecule has 120 valence electrons. The number of hydrogen-bond acceptors (Lipinski definition) is 3. The molecule has 2 N–H and O–H groups in total. The predicted molar refractivity (Wildman–Crippen MR) is 85.2 cm³/mol.